The molecule has 0 saturated heterocycles. The van der Waals surface area contributed by atoms with Crippen LogP contribution in [0.15, 0.2) is 77.7 Å². The highest BCUT2D eigenvalue weighted by molar-refractivity contribution is 7.92. The van der Waals surface area contributed by atoms with Crippen LogP contribution in [0.25, 0.3) is 0 Å². The summed E-state index contributed by atoms with van der Waals surface area (Å²) < 4.78 is 29.0. The minimum atomic E-state index is -4.15. The van der Waals surface area contributed by atoms with E-state index in [0.717, 1.165) is 21.9 Å². The number of benzene rings is 3. The molecule has 0 aliphatic heterocycles. The maximum atomic E-state index is 14.1. The Hall–Kier alpha value is -3.36. The van der Waals surface area contributed by atoms with Crippen LogP contribution in [0.3, 0.4) is 0 Å². The fourth-order valence-corrected chi connectivity index (χ4v) is 5.99. The lowest BCUT2D eigenvalue weighted by atomic mass is 10.1. The van der Waals surface area contributed by atoms with Gasteiger partial charge in [-0.25, -0.2) is 8.42 Å². The largest absolute Gasteiger partial charge is 0.352 e. The molecule has 0 aromatic heterocycles. The number of hydrogen-bond donors (Lipinski definition) is 1. The van der Waals surface area contributed by atoms with Crippen LogP contribution in [0, 0.1) is 13.8 Å². The Morgan fingerprint density at radius 1 is 0.925 bits per heavy atom. The third-order valence-electron chi connectivity index (χ3n) is 6.91. The van der Waals surface area contributed by atoms with Gasteiger partial charge in [0, 0.05) is 17.6 Å². The van der Waals surface area contributed by atoms with Gasteiger partial charge in [-0.3, -0.25) is 13.9 Å². The molecule has 3 rings (SSSR count). The lowest BCUT2D eigenvalue weighted by Gasteiger charge is -2.34. The quantitative estimate of drug-likeness (QED) is 0.289. The van der Waals surface area contributed by atoms with Crippen LogP contribution in [0.5, 0.6) is 0 Å². The van der Waals surface area contributed by atoms with Gasteiger partial charge in [-0.1, -0.05) is 79.5 Å². The summed E-state index contributed by atoms with van der Waals surface area (Å²) in [4.78, 5) is 29.0. The second-order valence-corrected chi connectivity index (χ2v) is 12.3. The van der Waals surface area contributed by atoms with Crippen LogP contribution in [0.2, 0.25) is 5.02 Å². The van der Waals surface area contributed by atoms with Gasteiger partial charge in [-0.05, 0) is 69.0 Å². The summed E-state index contributed by atoms with van der Waals surface area (Å²) in [7, 11) is -4.15. The lowest BCUT2D eigenvalue weighted by Crippen LogP contribution is -2.53. The van der Waals surface area contributed by atoms with Crippen LogP contribution in [0.4, 0.5) is 5.69 Å². The molecule has 7 nitrogen and oxygen atoms in total. The predicted molar refractivity (Wildman–Crippen MR) is 161 cm³/mol. The van der Waals surface area contributed by atoms with E-state index in [-0.39, 0.29) is 23.4 Å². The first-order valence-electron chi connectivity index (χ1n) is 13.5. The average Bonchev–Trinajstić information content (AvgIpc) is 2.94. The molecule has 0 bridgehead atoms. The van der Waals surface area contributed by atoms with Gasteiger partial charge in [0.15, 0.2) is 0 Å². The molecule has 3 aromatic rings. The van der Waals surface area contributed by atoms with Crippen molar-refractivity contribution in [3.8, 4) is 0 Å². The molecule has 214 valence electrons. The number of sulfonamides is 1. The molecule has 0 unspecified atom stereocenters. The number of nitrogens with zero attached hydrogens (tertiary/aromatic N) is 2. The maximum absolute atomic E-state index is 14.1. The van der Waals surface area contributed by atoms with Gasteiger partial charge in [0.05, 0.1) is 10.6 Å². The van der Waals surface area contributed by atoms with Crippen molar-refractivity contribution < 1.29 is 18.0 Å². The van der Waals surface area contributed by atoms with E-state index in [1.165, 1.54) is 17.0 Å². The molecule has 0 aliphatic carbocycles. The number of anilines is 1. The Morgan fingerprint density at radius 3 is 2.17 bits per heavy atom. The molecule has 2 atom stereocenters. The fraction of sp³-hybridized carbons (Fsp3) is 0.355. The molecule has 0 spiro atoms. The van der Waals surface area contributed by atoms with Crippen molar-refractivity contribution in [2.45, 2.75) is 71.0 Å². The van der Waals surface area contributed by atoms with Gasteiger partial charge in [0.2, 0.25) is 11.8 Å². The highest BCUT2D eigenvalue weighted by atomic mass is 35.5. The molecule has 3 aromatic carbocycles. The Labute approximate surface area is 243 Å². The second kappa shape index (κ2) is 13.8. The molecule has 0 fully saturated rings. The van der Waals surface area contributed by atoms with Crippen molar-refractivity contribution in [2.75, 3.05) is 10.8 Å². The summed E-state index contributed by atoms with van der Waals surface area (Å²) in [6, 6.07) is 19.8. The van der Waals surface area contributed by atoms with Gasteiger partial charge < -0.3 is 10.2 Å². The number of rotatable bonds is 12. The fourth-order valence-electron chi connectivity index (χ4n) is 4.34. The molecule has 0 aliphatic rings. The van der Waals surface area contributed by atoms with E-state index in [9.17, 15) is 18.0 Å². The van der Waals surface area contributed by atoms with E-state index in [0.29, 0.717) is 22.7 Å². The highest BCUT2D eigenvalue weighted by Gasteiger charge is 2.34. The van der Waals surface area contributed by atoms with Crippen molar-refractivity contribution >= 4 is 39.1 Å². The minimum Gasteiger partial charge on any atom is -0.352 e. The van der Waals surface area contributed by atoms with Crippen molar-refractivity contribution in [1.82, 2.24) is 10.2 Å². The van der Waals surface area contributed by atoms with Crippen LogP contribution in [-0.4, -0.2) is 43.8 Å². The minimum absolute atomic E-state index is 0.0498. The SMILES string of the molecule is CC[C@@H](C)NC(=O)[C@@H](CC)N(Cc1ccc(C)cc1)C(=O)CN(c1cc(Cl)ccc1C)S(=O)(=O)c1ccccc1. The Kier molecular flexibility index (Phi) is 10.8. The number of nitrogens with one attached hydrogen (secondary N) is 1. The van der Waals surface area contributed by atoms with Crippen molar-refractivity contribution in [3.63, 3.8) is 0 Å². The summed E-state index contributed by atoms with van der Waals surface area (Å²) >= 11 is 6.28. The van der Waals surface area contributed by atoms with Crippen molar-refractivity contribution in [1.29, 1.82) is 0 Å². The number of amides is 2. The average molecular weight is 584 g/mol. The van der Waals surface area contributed by atoms with Crippen molar-refractivity contribution in [2.24, 2.45) is 0 Å². The molecule has 0 saturated carbocycles. The zero-order chi connectivity index (χ0) is 29.4. The number of hydrogen-bond acceptors (Lipinski definition) is 4. The summed E-state index contributed by atoms with van der Waals surface area (Å²) in [5.74, 6) is -0.765. The van der Waals surface area contributed by atoms with E-state index >= 15 is 0 Å². The smallest absolute Gasteiger partial charge is 0.264 e. The third kappa shape index (κ3) is 7.64. The molecule has 1 N–H and O–H groups in total. The second-order valence-electron chi connectivity index (χ2n) is 10.0. The monoisotopic (exact) mass is 583 g/mol. The van der Waals surface area contributed by atoms with Crippen LogP contribution < -0.4 is 9.62 Å². The van der Waals surface area contributed by atoms with Gasteiger partial charge in [0.25, 0.3) is 10.0 Å². The standard InChI is InChI=1S/C31H38ClN3O4S/c1-6-24(5)33-31(37)28(7-2)34(20-25-16-13-22(3)14-17-25)30(36)21-35(29-19-26(32)18-15-23(29)4)40(38,39)27-11-9-8-10-12-27/h8-19,24,28H,6-7,20-21H2,1-5H3,(H,33,37)/t24-,28-/m1/s1. The Morgan fingerprint density at radius 2 is 1.57 bits per heavy atom. The van der Waals surface area contributed by atoms with Gasteiger partial charge in [-0.2, -0.15) is 0 Å². The van der Waals surface area contributed by atoms with Gasteiger partial charge in [-0.15, -0.1) is 0 Å². The van der Waals surface area contributed by atoms with Gasteiger partial charge >= 0.3 is 0 Å². The molecule has 2 amide bonds. The number of carbonyl (C=O) groups excluding carboxylic acids is 2. The van der Waals surface area contributed by atoms with E-state index in [4.69, 9.17) is 11.6 Å². The first kappa shape index (κ1) is 31.2. The van der Waals surface area contributed by atoms with Crippen molar-refractivity contribution in [3.05, 3.63) is 94.5 Å². The topological polar surface area (TPSA) is 86.8 Å². The third-order valence-corrected chi connectivity index (χ3v) is 8.92. The molecule has 9 heteroatoms. The first-order valence-corrected chi connectivity index (χ1v) is 15.3. The number of aryl methyl sites for hydroxylation is 2. The predicted octanol–water partition coefficient (Wildman–Crippen LogP) is 5.87. The highest BCUT2D eigenvalue weighted by Crippen LogP contribution is 2.30. The van der Waals surface area contributed by atoms with Crippen LogP contribution in [0.1, 0.15) is 50.3 Å². The van der Waals surface area contributed by atoms with E-state index < -0.39 is 28.5 Å². The van der Waals surface area contributed by atoms with Crippen LogP contribution >= 0.6 is 11.6 Å². The van der Waals surface area contributed by atoms with Crippen LogP contribution in [-0.2, 0) is 26.2 Å². The first-order chi connectivity index (χ1) is 19.0. The lowest BCUT2D eigenvalue weighted by molar-refractivity contribution is -0.140. The number of carbonyl (C=O) groups is 2. The summed E-state index contributed by atoms with van der Waals surface area (Å²) in [5.41, 5.74) is 2.85. The number of halogens is 1. The zero-order valence-corrected chi connectivity index (χ0v) is 25.3. The maximum Gasteiger partial charge on any atom is 0.264 e. The molecular formula is C31H38ClN3O4S. The van der Waals surface area contributed by atoms with E-state index in [1.807, 2.05) is 52.0 Å². The molecule has 0 radical (unpaired) electrons. The molecular weight excluding hydrogens is 546 g/mol. The van der Waals surface area contributed by atoms with E-state index in [2.05, 4.69) is 5.32 Å². The molecule has 40 heavy (non-hydrogen) atoms. The summed E-state index contributed by atoms with van der Waals surface area (Å²) in [5, 5.41) is 3.33. The Bertz CT molecular complexity index is 1410. The zero-order valence-electron chi connectivity index (χ0n) is 23.7. The van der Waals surface area contributed by atoms with Gasteiger partial charge in [0.1, 0.15) is 12.6 Å². The Balaban J connectivity index is 2.08. The summed E-state index contributed by atoms with van der Waals surface area (Å²) in [6.45, 7) is 9.11. The normalized spacial score (nSPS) is 12.8. The molecule has 0 heterocycles. The summed E-state index contributed by atoms with van der Waals surface area (Å²) in [6.07, 6.45) is 1.10. The van der Waals surface area contributed by atoms with E-state index in [1.54, 1.807) is 43.3 Å².